The number of hydrogen-bond donors (Lipinski definition) is 1. The SMILES string of the molecule is CCC(C)(C)C1CCC(C(=O)O)(N(C)C)CC1. The lowest BCUT2D eigenvalue weighted by atomic mass is 9.65. The van der Waals surface area contributed by atoms with Crippen molar-refractivity contribution in [2.45, 2.75) is 58.4 Å². The minimum atomic E-state index is -0.657. The number of nitrogens with zero attached hydrogens (tertiary/aromatic N) is 1. The lowest BCUT2D eigenvalue weighted by molar-refractivity contribution is -0.153. The van der Waals surface area contributed by atoms with Crippen LogP contribution in [0.15, 0.2) is 0 Å². The number of likely N-dealkylation sites (N-methyl/N-ethyl adjacent to an activating group) is 1. The summed E-state index contributed by atoms with van der Waals surface area (Å²) in [4.78, 5) is 13.4. The fourth-order valence-corrected chi connectivity index (χ4v) is 3.02. The van der Waals surface area contributed by atoms with E-state index in [9.17, 15) is 9.90 Å². The van der Waals surface area contributed by atoms with Crippen molar-refractivity contribution in [1.29, 1.82) is 0 Å². The van der Waals surface area contributed by atoms with Crippen molar-refractivity contribution in [3.63, 3.8) is 0 Å². The average Bonchev–Trinajstić information content (AvgIpc) is 2.28. The maximum absolute atomic E-state index is 11.5. The van der Waals surface area contributed by atoms with Crippen LogP contribution in [0.1, 0.15) is 52.9 Å². The van der Waals surface area contributed by atoms with Gasteiger partial charge in [0.1, 0.15) is 5.54 Å². The maximum Gasteiger partial charge on any atom is 0.324 e. The van der Waals surface area contributed by atoms with Crippen LogP contribution in [-0.4, -0.2) is 35.6 Å². The molecule has 3 heteroatoms. The van der Waals surface area contributed by atoms with E-state index in [0.29, 0.717) is 11.3 Å². The van der Waals surface area contributed by atoms with E-state index in [2.05, 4.69) is 20.8 Å². The highest BCUT2D eigenvalue weighted by Gasteiger charge is 2.46. The van der Waals surface area contributed by atoms with E-state index in [4.69, 9.17) is 0 Å². The maximum atomic E-state index is 11.5. The summed E-state index contributed by atoms with van der Waals surface area (Å²) in [6.45, 7) is 6.84. The number of aliphatic carboxylic acids is 1. The summed E-state index contributed by atoms with van der Waals surface area (Å²) in [6.07, 6.45) is 4.79. The first-order valence-corrected chi connectivity index (χ1v) is 6.67. The van der Waals surface area contributed by atoms with E-state index in [-0.39, 0.29) is 0 Å². The minimum Gasteiger partial charge on any atom is -0.480 e. The Morgan fingerprint density at radius 3 is 2.12 bits per heavy atom. The molecule has 0 aromatic rings. The molecule has 100 valence electrons. The monoisotopic (exact) mass is 241 g/mol. The van der Waals surface area contributed by atoms with Gasteiger partial charge >= 0.3 is 5.97 Å². The molecule has 0 saturated heterocycles. The normalized spacial score (nSPS) is 30.6. The number of carboxylic acids is 1. The first-order valence-electron chi connectivity index (χ1n) is 6.67. The molecule has 0 aromatic heterocycles. The predicted octanol–water partition coefficient (Wildman–Crippen LogP) is 3.00. The Kier molecular flexibility index (Phi) is 4.23. The molecule has 1 fully saturated rings. The molecule has 0 bridgehead atoms. The molecule has 0 aliphatic heterocycles. The average molecular weight is 241 g/mol. The van der Waals surface area contributed by atoms with Gasteiger partial charge in [-0.1, -0.05) is 27.2 Å². The lowest BCUT2D eigenvalue weighted by Gasteiger charge is -2.45. The fraction of sp³-hybridized carbons (Fsp3) is 0.929. The smallest absolute Gasteiger partial charge is 0.324 e. The topological polar surface area (TPSA) is 40.5 Å². The largest absolute Gasteiger partial charge is 0.480 e. The summed E-state index contributed by atoms with van der Waals surface area (Å²) in [6, 6.07) is 0. The highest BCUT2D eigenvalue weighted by Crippen LogP contribution is 2.44. The summed E-state index contributed by atoms with van der Waals surface area (Å²) in [5.74, 6) is 0.00943. The van der Waals surface area contributed by atoms with Crippen LogP contribution in [0.25, 0.3) is 0 Å². The van der Waals surface area contributed by atoms with E-state index in [1.807, 2.05) is 19.0 Å². The predicted molar refractivity (Wildman–Crippen MR) is 70.1 cm³/mol. The first-order chi connectivity index (χ1) is 7.76. The molecule has 3 nitrogen and oxygen atoms in total. The van der Waals surface area contributed by atoms with Crippen LogP contribution in [0.3, 0.4) is 0 Å². The summed E-state index contributed by atoms with van der Waals surface area (Å²) in [5.41, 5.74) is -0.280. The molecule has 17 heavy (non-hydrogen) atoms. The lowest BCUT2D eigenvalue weighted by Crippen LogP contribution is -2.54. The van der Waals surface area contributed by atoms with Crippen LogP contribution in [0.5, 0.6) is 0 Å². The summed E-state index contributed by atoms with van der Waals surface area (Å²) >= 11 is 0. The zero-order chi connectivity index (χ0) is 13.3. The molecule has 0 atom stereocenters. The van der Waals surface area contributed by atoms with Crippen LogP contribution in [0, 0.1) is 11.3 Å². The minimum absolute atomic E-state index is 0.344. The molecule has 0 spiro atoms. The van der Waals surface area contributed by atoms with Crippen LogP contribution in [0.4, 0.5) is 0 Å². The molecule has 0 aromatic carbocycles. The summed E-state index contributed by atoms with van der Waals surface area (Å²) in [7, 11) is 3.78. The number of carbonyl (C=O) groups is 1. The van der Waals surface area contributed by atoms with Gasteiger partial charge in [0, 0.05) is 0 Å². The number of carboxylic acid groups (broad SMARTS) is 1. The van der Waals surface area contributed by atoms with Crippen molar-refractivity contribution >= 4 is 5.97 Å². The zero-order valence-electron chi connectivity index (χ0n) is 11.9. The van der Waals surface area contributed by atoms with Crippen LogP contribution in [0.2, 0.25) is 0 Å². The standard InChI is InChI=1S/C14H27NO2/c1-6-13(2,3)11-7-9-14(10-8-11,12(16)17)15(4)5/h11H,6-10H2,1-5H3,(H,16,17). The molecule has 0 radical (unpaired) electrons. The van der Waals surface area contributed by atoms with Crippen LogP contribution in [-0.2, 0) is 4.79 Å². The molecular formula is C14H27NO2. The Hall–Kier alpha value is -0.570. The van der Waals surface area contributed by atoms with Crippen LogP contribution >= 0.6 is 0 Å². The summed E-state index contributed by atoms with van der Waals surface area (Å²) < 4.78 is 0. The third kappa shape index (κ3) is 2.65. The summed E-state index contributed by atoms with van der Waals surface area (Å²) in [5, 5.41) is 9.46. The van der Waals surface area contributed by atoms with Gasteiger partial charge in [0.05, 0.1) is 0 Å². The number of rotatable bonds is 4. The van der Waals surface area contributed by atoms with E-state index in [1.54, 1.807) is 0 Å². The van der Waals surface area contributed by atoms with Crippen molar-refractivity contribution in [3.8, 4) is 0 Å². The van der Waals surface area contributed by atoms with Crippen molar-refractivity contribution in [1.82, 2.24) is 4.90 Å². The second-order valence-corrected chi connectivity index (χ2v) is 6.35. The van der Waals surface area contributed by atoms with Gasteiger partial charge < -0.3 is 5.11 Å². The van der Waals surface area contributed by atoms with Gasteiger partial charge in [-0.2, -0.15) is 0 Å². The van der Waals surface area contributed by atoms with Gasteiger partial charge in [-0.25, -0.2) is 0 Å². The highest BCUT2D eigenvalue weighted by atomic mass is 16.4. The van der Waals surface area contributed by atoms with E-state index in [1.165, 1.54) is 6.42 Å². The molecule has 0 amide bonds. The third-order valence-electron chi connectivity index (χ3n) is 5.08. The highest BCUT2D eigenvalue weighted by molar-refractivity contribution is 5.78. The van der Waals surface area contributed by atoms with Crippen LogP contribution < -0.4 is 0 Å². The van der Waals surface area contributed by atoms with Gasteiger partial charge in [0.2, 0.25) is 0 Å². The van der Waals surface area contributed by atoms with Crippen molar-refractivity contribution < 1.29 is 9.90 Å². The van der Waals surface area contributed by atoms with Crippen molar-refractivity contribution in [3.05, 3.63) is 0 Å². The van der Waals surface area contributed by atoms with Crippen molar-refractivity contribution in [2.24, 2.45) is 11.3 Å². The Morgan fingerprint density at radius 2 is 1.82 bits per heavy atom. The van der Waals surface area contributed by atoms with Gasteiger partial charge in [-0.3, -0.25) is 9.69 Å². The molecule has 0 unspecified atom stereocenters. The Bertz CT molecular complexity index is 276. The Morgan fingerprint density at radius 1 is 1.35 bits per heavy atom. The Balaban J connectivity index is 2.75. The molecule has 1 rings (SSSR count). The van der Waals surface area contributed by atoms with Gasteiger partial charge in [-0.15, -0.1) is 0 Å². The quantitative estimate of drug-likeness (QED) is 0.822. The molecule has 1 saturated carbocycles. The molecule has 1 aliphatic carbocycles. The van der Waals surface area contributed by atoms with Gasteiger partial charge in [-0.05, 0) is 51.1 Å². The molecule has 1 aliphatic rings. The van der Waals surface area contributed by atoms with E-state index < -0.39 is 11.5 Å². The van der Waals surface area contributed by atoms with Gasteiger partial charge in [0.25, 0.3) is 0 Å². The third-order valence-corrected chi connectivity index (χ3v) is 5.08. The van der Waals surface area contributed by atoms with Gasteiger partial charge in [0.15, 0.2) is 0 Å². The zero-order valence-corrected chi connectivity index (χ0v) is 11.9. The van der Waals surface area contributed by atoms with E-state index in [0.717, 1.165) is 25.7 Å². The van der Waals surface area contributed by atoms with Crippen molar-refractivity contribution in [2.75, 3.05) is 14.1 Å². The fourth-order valence-electron chi connectivity index (χ4n) is 3.02. The first kappa shape index (κ1) is 14.5. The molecule has 0 heterocycles. The second kappa shape index (κ2) is 4.97. The Labute approximate surface area is 105 Å². The number of hydrogen-bond acceptors (Lipinski definition) is 2. The second-order valence-electron chi connectivity index (χ2n) is 6.35. The van der Waals surface area contributed by atoms with E-state index >= 15 is 0 Å². The molecule has 1 N–H and O–H groups in total. The molecular weight excluding hydrogens is 214 g/mol.